The van der Waals surface area contributed by atoms with Gasteiger partial charge in [0.1, 0.15) is 5.82 Å². The maximum Gasteiger partial charge on any atom is 0.242 e. The highest BCUT2D eigenvalue weighted by Crippen LogP contribution is 2.20. The van der Waals surface area contributed by atoms with E-state index in [1.807, 2.05) is 26.1 Å². The maximum absolute atomic E-state index is 12.4. The van der Waals surface area contributed by atoms with Crippen LogP contribution in [0.5, 0.6) is 0 Å². The van der Waals surface area contributed by atoms with Crippen LogP contribution in [0.1, 0.15) is 67.2 Å². The molecule has 4 nitrogen and oxygen atoms in total. The zero-order valence-electron chi connectivity index (χ0n) is 15.1. The Morgan fingerprint density at radius 3 is 2.32 bits per heavy atom. The molecule has 0 rings (SSSR count). The molecule has 0 aliphatic carbocycles. The molecule has 0 fully saturated rings. The van der Waals surface area contributed by atoms with E-state index in [1.54, 1.807) is 4.90 Å². The second kappa shape index (κ2) is 11.2. The highest BCUT2D eigenvalue weighted by atomic mass is 16.2. The van der Waals surface area contributed by atoms with Crippen molar-refractivity contribution in [2.75, 3.05) is 6.54 Å². The van der Waals surface area contributed by atoms with Gasteiger partial charge in [-0.2, -0.15) is 0 Å². The van der Waals surface area contributed by atoms with Gasteiger partial charge < -0.3 is 5.73 Å². The van der Waals surface area contributed by atoms with E-state index in [0.29, 0.717) is 0 Å². The van der Waals surface area contributed by atoms with Crippen molar-refractivity contribution in [2.45, 2.75) is 73.3 Å². The number of rotatable bonds is 9. The Morgan fingerprint density at radius 1 is 1.27 bits per heavy atom. The summed E-state index contributed by atoms with van der Waals surface area (Å²) in [5, 5.41) is 0. The van der Waals surface area contributed by atoms with Crippen molar-refractivity contribution in [3.05, 3.63) is 23.0 Å². The number of amides is 1. The van der Waals surface area contributed by atoms with Crippen LogP contribution in [0.25, 0.3) is 0 Å². The molecule has 1 atom stereocenters. The molecule has 1 amide bonds. The van der Waals surface area contributed by atoms with Crippen molar-refractivity contribution in [1.29, 1.82) is 0 Å². The average molecular weight is 307 g/mol. The van der Waals surface area contributed by atoms with Gasteiger partial charge in [-0.3, -0.25) is 9.69 Å². The molecule has 0 aromatic carbocycles. The standard InChI is InChI=1S/C18H33N3O/c1-7-11-15(6)21(17(22)12-19)18(14(5)8-2)20-13-16(9-3)10-4/h9,13,15H,7-8,10-12,19H2,1-6H3/b16-9-,18-14-,20-13-. The first kappa shape index (κ1) is 20.6. The van der Waals surface area contributed by atoms with Crippen LogP contribution in [-0.2, 0) is 4.79 Å². The van der Waals surface area contributed by atoms with Gasteiger partial charge in [-0.1, -0.05) is 33.3 Å². The zero-order valence-corrected chi connectivity index (χ0v) is 15.1. The normalized spacial score (nSPS) is 15.0. The van der Waals surface area contributed by atoms with Crippen molar-refractivity contribution in [2.24, 2.45) is 10.7 Å². The fraction of sp³-hybridized carbons (Fsp3) is 0.667. The number of aliphatic imine (C=N–C) groups is 1. The third-order valence-corrected chi connectivity index (χ3v) is 3.86. The van der Waals surface area contributed by atoms with Crippen molar-refractivity contribution < 1.29 is 4.79 Å². The third-order valence-electron chi connectivity index (χ3n) is 3.86. The van der Waals surface area contributed by atoms with Gasteiger partial charge >= 0.3 is 0 Å². The van der Waals surface area contributed by atoms with E-state index in [1.165, 1.54) is 0 Å². The SMILES string of the molecule is C\C=C(/C=N\C(=C(/C)CC)N(C(=O)CN)C(C)CCC)CC. The number of nitrogens with zero attached hydrogens (tertiary/aromatic N) is 2. The Kier molecular flexibility index (Phi) is 10.5. The van der Waals surface area contributed by atoms with E-state index in [9.17, 15) is 4.79 Å². The Labute approximate surface area is 136 Å². The minimum atomic E-state index is -0.0700. The van der Waals surface area contributed by atoms with Crippen molar-refractivity contribution in [1.82, 2.24) is 4.90 Å². The summed E-state index contributed by atoms with van der Waals surface area (Å²) >= 11 is 0. The molecule has 4 heteroatoms. The Balaban J connectivity index is 5.75. The molecule has 0 saturated heterocycles. The maximum atomic E-state index is 12.4. The van der Waals surface area contributed by atoms with Crippen molar-refractivity contribution >= 4 is 12.1 Å². The first-order valence-corrected chi connectivity index (χ1v) is 8.37. The summed E-state index contributed by atoms with van der Waals surface area (Å²) in [6, 6.07) is 0.102. The van der Waals surface area contributed by atoms with Gasteiger partial charge in [-0.25, -0.2) is 4.99 Å². The second-order valence-electron chi connectivity index (χ2n) is 5.54. The molecule has 0 heterocycles. The van der Waals surface area contributed by atoms with E-state index < -0.39 is 0 Å². The molecule has 0 aromatic heterocycles. The molecule has 0 aliphatic rings. The van der Waals surface area contributed by atoms with Crippen LogP contribution < -0.4 is 5.73 Å². The van der Waals surface area contributed by atoms with Gasteiger partial charge in [0.2, 0.25) is 5.91 Å². The van der Waals surface area contributed by atoms with Crippen LogP contribution in [0.2, 0.25) is 0 Å². The van der Waals surface area contributed by atoms with Crippen LogP contribution in [0.4, 0.5) is 0 Å². The van der Waals surface area contributed by atoms with Gasteiger partial charge in [-0.05, 0) is 51.2 Å². The van der Waals surface area contributed by atoms with Crippen LogP contribution in [0.15, 0.2) is 28.0 Å². The predicted molar refractivity (Wildman–Crippen MR) is 95.8 cm³/mol. The molecule has 0 spiro atoms. The molecule has 0 bridgehead atoms. The Bertz CT molecular complexity index is 436. The van der Waals surface area contributed by atoms with E-state index in [0.717, 1.165) is 42.7 Å². The fourth-order valence-corrected chi connectivity index (χ4v) is 2.27. The number of hydrogen-bond acceptors (Lipinski definition) is 3. The van der Waals surface area contributed by atoms with Gasteiger partial charge in [-0.15, -0.1) is 0 Å². The summed E-state index contributed by atoms with van der Waals surface area (Å²) in [7, 11) is 0. The molecule has 0 aromatic rings. The Morgan fingerprint density at radius 2 is 1.91 bits per heavy atom. The third kappa shape index (κ3) is 6.14. The van der Waals surface area contributed by atoms with Crippen LogP contribution in [0.3, 0.4) is 0 Å². The van der Waals surface area contributed by atoms with Gasteiger partial charge in [0.25, 0.3) is 0 Å². The van der Waals surface area contributed by atoms with E-state index in [2.05, 4.69) is 32.7 Å². The minimum absolute atomic E-state index is 0.00825. The lowest BCUT2D eigenvalue weighted by Gasteiger charge is -2.30. The number of carbonyl (C=O) groups excluding carboxylic acids is 1. The predicted octanol–water partition coefficient (Wildman–Crippen LogP) is 4.03. The summed E-state index contributed by atoms with van der Waals surface area (Å²) in [4.78, 5) is 18.8. The lowest BCUT2D eigenvalue weighted by molar-refractivity contribution is -0.129. The summed E-state index contributed by atoms with van der Waals surface area (Å²) in [6.07, 6.45) is 7.65. The van der Waals surface area contributed by atoms with Crippen molar-refractivity contribution in [3.63, 3.8) is 0 Å². The van der Waals surface area contributed by atoms with E-state index >= 15 is 0 Å². The smallest absolute Gasteiger partial charge is 0.242 e. The van der Waals surface area contributed by atoms with Gasteiger partial charge in [0, 0.05) is 12.3 Å². The topological polar surface area (TPSA) is 58.7 Å². The Hall–Kier alpha value is -1.42. The largest absolute Gasteiger partial charge is 0.322 e. The molecule has 1 unspecified atom stereocenters. The molecule has 0 saturated carbocycles. The fourth-order valence-electron chi connectivity index (χ4n) is 2.27. The molecule has 0 aliphatic heterocycles. The van der Waals surface area contributed by atoms with E-state index in [-0.39, 0.29) is 18.5 Å². The first-order chi connectivity index (χ1) is 10.5. The lowest BCUT2D eigenvalue weighted by atomic mass is 10.1. The summed E-state index contributed by atoms with van der Waals surface area (Å²) < 4.78 is 0. The van der Waals surface area contributed by atoms with Gasteiger partial charge in [0.05, 0.1) is 6.54 Å². The van der Waals surface area contributed by atoms with Crippen LogP contribution >= 0.6 is 0 Å². The summed E-state index contributed by atoms with van der Waals surface area (Å²) in [5.74, 6) is 0.686. The van der Waals surface area contributed by atoms with Crippen LogP contribution in [-0.4, -0.2) is 29.6 Å². The van der Waals surface area contributed by atoms with Gasteiger partial charge in [0.15, 0.2) is 0 Å². The monoisotopic (exact) mass is 307 g/mol. The molecule has 126 valence electrons. The summed E-state index contributed by atoms with van der Waals surface area (Å²) in [6.45, 7) is 12.4. The number of allylic oxidation sites excluding steroid dienone is 3. The first-order valence-electron chi connectivity index (χ1n) is 8.37. The molecule has 2 N–H and O–H groups in total. The van der Waals surface area contributed by atoms with Crippen LogP contribution in [0, 0.1) is 0 Å². The quantitative estimate of drug-likeness (QED) is 0.654. The molecular weight excluding hydrogens is 274 g/mol. The highest BCUT2D eigenvalue weighted by molar-refractivity contribution is 5.82. The molecule has 22 heavy (non-hydrogen) atoms. The summed E-state index contributed by atoms with van der Waals surface area (Å²) in [5.41, 5.74) is 7.88. The number of carbonyl (C=O) groups is 1. The van der Waals surface area contributed by atoms with E-state index in [4.69, 9.17) is 5.73 Å². The number of nitrogens with two attached hydrogens (primary N) is 1. The molecule has 0 radical (unpaired) electrons. The highest BCUT2D eigenvalue weighted by Gasteiger charge is 2.23. The lowest BCUT2D eigenvalue weighted by Crippen LogP contribution is -2.41. The average Bonchev–Trinajstić information content (AvgIpc) is 2.53. The zero-order chi connectivity index (χ0) is 17.1. The number of hydrogen-bond donors (Lipinski definition) is 1. The second-order valence-corrected chi connectivity index (χ2v) is 5.54. The van der Waals surface area contributed by atoms with Crippen molar-refractivity contribution in [3.8, 4) is 0 Å². The molecular formula is C18H33N3O. The minimum Gasteiger partial charge on any atom is -0.322 e.